The summed E-state index contributed by atoms with van der Waals surface area (Å²) >= 11 is 0. The lowest BCUT2D eigenvalue weighted by molar-refractivity contribution is 0.866. The van der Waals surface area contributed by atoms with Crippen molar-refractivity contribution >= 4 is 22.3 Å². The number of anilines is 1. The number of nitrogens with zero attached hydrogens (tertiary/aromatic N) is 2. The molecule has 0 N–H and O–H groups in total. The van der Waals surface area contributed by atoms with Crippen LogP contribution < -0.4 is 4.90 Å². The van der Waals surface area contributed by atoms with E-state index < -0.39 is 0 Å². The fraction of sp³-hybridized carbons (Fsp3) is 0.250. The van der Waals surface area contributed by atoms with Crippen LogP contribution >= 0.6 is 0 Å². The number of allylic oxidation sites excluding steroid dienone is 2. The molecule has 134 valence electrons. The molecule has 0 unspecified atom stereocenters. The van der Waals surface area contributed by atoms with E-state index in [2.05, 4.69) is 112 Å². The number of rotatable bonds is 5. The lowest BCUT2D eigenvalue weighted by atomic mass is 9.98. The molecule has 2 heteroatoms. The highest BCUT2D eigenvalue weighted by molar-refractivity contribution is 5.98. The molecule has 0 radical (unpaired) electrons. The lowest BCUT2D eigenvalue weighted by Gasteiger charge is -2.29. The second-order valence-electron chi connectivity index (χ2n) is 7.16. The maximum atomic E-state index is 4.28. The standard InChI is InChI=1S/C24H28N2/c1-7-22(20-11-8-10-19(16-20)17(2)3)26(18(4)5)24-13-9-12-23-21(24)14-15-25(23)6/h7-17H,4H2,1-3,5-6H3/b22-7-. The van der Waals surface area contributed by atoms with Crippen LogP contribution in [0.2, 0.25) is 0 Å². The van der Waals surface area contributed by atoms with E-state index in [4.69, 9.17) is 0 Å². The molecule has 3 rings (SSSR count). The molecule has 2 aromatic carbocycles. The summed E-state index contributed by atoms with van der Waals surface area (Å²) < 4.78 is 2.16. The van der Waals surface area contributed by atoms with Crippen LogP contribution in [0.15, 0.2) is 73.1 Å². The largest absolute Gasteiger partial charge is 0.350 e. The Morgan fingerprint density at radius 2 is 1.85 bits per heavy atom. The van der Waals surface area contributed by atoms with Crippen molar-refractivity contribution in [2.45, 2.75) is 33.6 Å². The first-order chi connectivity index (χ1) is 12.4. The van der Waals surface area contributed by atoms with Crippen molar-refractivity contribution in [1.29, 1.82) is 0 Å². The summed E-state index contributed by atoms with van der Waals surface area (Å²) in [5, 5.41) is 1.23. The summed E-state index contributed by atoms with van der Waals surface area (Å²) in [5.74, 6) is 0.504. The summed E-state index contributed by atoms with van der Waals surface area (Å²) in [5.41, 5.74) is 7.12. The first-order valence-corrected chi connectivity index (χ1v) is 9.20. The van der Waals surface area contributed by atoms with E-state index >= 15 is 0 Å². The third-order valence-electron chi connectivity index (χ3n) is 4.89. The zero-order chi connectivity index (χ0) is 18.8. The van der Waals surface area contributed by atoms with Gasteiger partial charge in [0.2, 0.25) is 0 Å². The monoisotopic (exact) mass is 344 g/mol. The van der Waals surface area contributed by atoms with Gasteiger partial charge in [-0.2, -0.15) is 0 Å². The van der Waals surface area contributed by atoms with E-state index in [0.717, 1.165) is 11.4 Å². The number of aryl methyl sites for hydroxylation is 1. The topological polar surface area (TPSA) is 8.17 Å². The van der Waals surface area contributed by atoms with Gasteiger partial charge in [0.05, 0.1) is 5.69 Å². The number of fused-ring (bicyclic) bond motifs is 1. The number of benzene rings is 2. The zero-order valence-electron chi connectivity index (χ0n) is 16.5. The van der Waals surface area contributed by atoms with Crippen LogP contribution in [0.1, 0.15) is 44.7 Å². The van der Waals surface area contributed by atoms with Gasteiger partial charge in [-0.1, -0.05) is 50.8 Å². The van der Waals surface area contributed by atoms with Crippen LogP contribution in [-0.2, 0) is 7.05 Å². The van der Waals surface area contributed by atoms with Crippen LogP contribution in [0, 0.1) is 0 Å². The fourth-order valence-corrected chi connectivity index (χ4v) is 3.50. The zero-order valence-corrected chi connectivity index (χ0v) is 16.5. The van der Waals surface area contributed by atoms with Crippen LogP contribution in [-0.4, -0.2) is 4.57 Å². The predicted molar refractivity (Wildman–Crippen MR) is 114 cm³/mol. The molecule has 0 saturated carbocycles. The number of aromatic nitrogens is 1. The minimum atomic E-state index is 0.504. The molecule has 0 fully saturated rings. The van der Waals surface area contributed by atoms with Crippen molar-refractivity contribution in [3.63, 3.8) is 0 Å². The molecule has 0 spiro atoms. The maximum Gasteiger partial charge on any atom is 0.0552 e. The SMILES string of the molecule is C=C(C)N(/C(=C\C)c1cccc(C(C)C)c1)c1cccc2c1ccn2C. The Hall–Kier alpha value is -2.74. The van der Waals surface area contributed by atoms with Crippen LogP contribution in [0.4, 0.5) is 5.69 Å². The highest BCUT2D eigenvalue weighted by Crippen LogP contribution is 2.36. The molecule has 26 heavy (non-hydrogen) atoms. The maximum absolute atomic E-state index is 4.28. The molecule has 3 aromatic rings. The molecule has 0 bridgehead atoms. The molecule has 0 aliphatic rings. The Morgan fingerprint density at radius 3 is 2.50 bits per heavy atom. The second kappa shape index (κ2) is 7.25. The Kier molecular flexibility index (Phi) is 5.03. The van der Waals surface area contributed by atoms with Gasteiger partial charge in [0.15, 0.2) is 0 Å². The molecule has 2 nitrogen and oxygen atoms in total. The Morgan fingerprint density at radius 1 is 1.12 bits per heavy atom. The Balaban J connectivity index is 2.17. The van der Waals surface area contributed by atoms with E-state index in [0.29, 0.717) is 5.92 Å². The molecular formula is C24H28N2. The molecule has 0 saturated heterocycles. The molecule has 0 atom stereocenters. The lowest BCUT2D eigenvalue weighted by Crippen LogP contribution is -2.19. The van der Waals surface area contributed by atoms with E-state index in [-0.39, 0.29) is 0 Å². The first kappa shape index (κ1) is 18.1. The number of hydrogen-bond acceptors (Lipinski definition) is 1. The van der Waals surface area contributed by atoms with E-state index in [1.54, 1.807) is 0 Å². The highest BCUT2D eigenvalue weighted by Gasteiger charge is 2.18. The van der Waals surface area contributed by atoms with Gasteiger partial charge in [0.1, 0.15) is 0 Å². The van der Waals surface area contributed by atoms with E-state index in [1.807, 2.05) is 0 Å². The van der Waals surface area contributed by atoms with Gasteiger partial charge >= 0.3 is 0 Å². The molecule has 0 aliphatic carbocycles. The van der Waals surface area contributed by atoms with Crippen LogP contribution in [0.25, 0.3) is 16.6 Å². The van der Waals surface area contributed by atoms with Gasteiger partial charge in [0.25, 0.3) is 0 Å². The minimum Gasteiger partial charge on any atom is -0.350 e. The summed E-state index contributed by atoms with van der Waals surface area (Å²) in [4.78, 5) is 2.27. The van der Waals surface area contributed by atoms with Crippen LogP contribution in [0.5, 0.6) is 0 Å². The molecule has 0 aliphatic heterocycles. The highest BCUT2D eigenvalue weighted by atomic mass is 15.2. The van der Waals surface area contributed by atoms with Crippen LogP contribution in [0.3, 0.4) is 0 Å². The molecule has 1 aromatic heterocycles. The second-order valence-corrected chi connectivity index (χ2v) is 7.16. The van der Waals surface area contributed by atoms with Gasteiger partial charge in [-0.05, 0) is 55.2 Å². The van der Waals surface area contributed by atoms with Gasteiger partial charge in [-0.3, -0.25) is 0 Å². The average molecular weight is 345 g/mol. The Bertz CT molecular complexity index is 973. The third-order valence-corrected chi connectivity index (χ3v) is 4.89. The molecular weight excluding hydrogens is 316 g/mol. The van der Waals surface area contributed by atoms with Gasteiger partial charge in [-0.15, -0.1) is 0 Å². The third kappa shape index (κ3) is 3.20. The van der Waals surface area contributed by atoms with Crippen molar-refractivity contribution in [3.05, 3.63) is 84.2 Å². The van der Waals surface area contributed by atoms with Crippen molar-refractivity contribution in [2.24, 2.45) is 7.05 Å². The Labute approximate surface area is 157 Å². The summed E-state index contributed by atoms with van der Waals surface area (Å²) in [6, 6.07) is 17.4. The van der Waals surface area contributed by atoms with E-state index in [1.165, 1.54) is 27.7 Å². The van der Waals surface area contributed by atoms with Crippen molar-refractivity contribution in [1.82, 2.24) is 4.57 Å². The fourth-order valence-electron chi connectivity index (χ4n) is 3.50. The number of hydrogen-bond donors (Lipinski definition) is 0. The smallest absolute Gasteiger partial charge is 0.0552 e. The summed E-state index contributed by atoms with van der Waals surface area (Å²) in [6.45, 7) is 12.9. The first-order valence-electron chi connectivity index (χ1n) is 9.20. The minimum absolute atomic E-state index is 0.504. The van der Waals surface area contributed by atoms with Crippen molar-refractivity contribution < 1.29 is 0 Å². The van der Waals surface area contributed by atoms with Gasteiger partial charge < -0.3 is 9.47 Å². The van der Waals surface area contributed by atoms with Crippen molar-refractivity contribution in [3.8, 4) is 0 Å². The molecule has 0 amide bonds. The predicted octanol–water partition coefficient (Wildman–Crippen LogP) is 6.70. The normalized spacial score (nSPS) is 12.0. The van der Waals surface area contributed by atoms with Crippen molar-refractivity contribution in [2.75, 3.05) is 4.90 Å². The molecule has 1 heterocycles. The summed E-state index contributed by atoms with van der Waals surface area (Å²) in [7, 11) is 2.08. The quantitative estimate of drug-likeness (QED) is 0.500. The van der Waals surface area contributed by atoms with Gasteiger partial charge in [-0.25, -0.2) is 0 Å². The summed E-state index contributed by atoms with van der Waals surface area (Å²) in [6.07, 6.45) is 4.29. The van der Waals surface area contributed by atoms with Gasteiger partial charge in [0, 0.05) is 35.5 Å². The van der Waals surface area contributed by atoms with E-state index in [9.17, 15) is 0 Å². The average Bonchev–Trinajstić information content (AvgIpc) is 3.01.